The third kappa shape index (κ3) is 7.39. The SMILES string of the molecule is CCCN1CCC(CN=C(NCC)NCCN2CCCCC2)CC1. The van der Waals surface area contributed by atoms with E-state index in [9.17, 15) is 0 Å². The summed E-state index contributed by atoms with van der Waals surface area (Å²) in [6.07, 6.45) is 8.02. The Hall–Kier alpha value is -0.810. The maximum atomic E-state index is 4.85. The van der Waals surface area contributed by atoms with E-state index in [2.05, 4.69) is 34.3 Å². The molecule has 2 saturated heterocycles. The predicted molar refractivity (Wildman–Crippen MR) is 104 cm³/mol. The second-order valence-electron chi connectivity index (χ2n) is 7.33. The van der Waals surface area contributed by atoms with Gasteiger partial charge in [-0.15, -0.1) is 0 Å². The molecule has 5 nitrogen and oxygen atoms in total. The number of rotatable bonds is 8. The van der Waals surface area contributed by atoms with E-state index >= 15 is 0 Å². The van der Waals surface area contributed by atoms with Crippen molar-refractivity contribution in [1.82, 2.24) is 20.4 Å². The minimum Gasteiger partial charge on any atom is -0.357 e. The van der Waals surface area contributed by atoms with Crippen molar-refractivity contribution in [2.45, 2.75) is 52.4 Å². The highest BCUT2D eigenvalue weighted by Crippen LogP contribution is 2.17. The van der Waals surface area contributed by atoms with E-state index in [4.69, 9.17) is 4.99 Å². The fraction of sp³-hybridized carbons (Fsp3) is 0.947. The van der Waals surface area contributed by atoms with Crippen LogP contribution in [0.5, 0.6) is 0 Å². The van der Waals surface area contributed by atoms with Crippen LogP contribution in [0.1, 0.15) is 52.4 Å². The smallest absolute Gasteiger partial charge is 0.191 e. The molecular formula is C19H39N5. The molecule has 2 fully saturated rings. The number of nitrogens with zero attached hydrogens (tertiary/aromatic N) is 3. The lowest BCUT2D eigenvalue weighted by Crippen LogP contribution is -2.43. The molecule has 24 heavy (non-hydrogen) atoms. The molecule has 0 aromatic carbocycles. The predicted octanol–water partition coefficient (Wildman–Crippen LogP) is 2.15. The Morgan fingerprint density at radius 1 is 0.917 bits per heavy atom. The van der Waals surface area contributed by atoms with Gasteiger partial charge in [0, 0.05) is 26.2 Å². The number of hydrogen-bond donors (Lipinski definition) is 2. The second-order valence-corrected chi connectivity index (χ2v) is 7.33. The zero-order valence-corrected chi connectivity index (χ0v) is 16.0. The van der Waals surface area contributed by atoms with Gasteiger partial charge < -0.3 is 20.4 Å². The van der Waals surface area contributed by atoms with Crippen molar-refractivity contribution in [1.29, 1.82) is 0 Å². The Labute approximate surface area is 149 Å². The van der Waals surface area contributed by atoms with Gasteiger partial charge in [0.25, 0.3) is 0 Å². The number of piperidine rings is 2. The Kier molecular flexibility index (Phi) is 9.51. The summed E-state index contributed by atoms with van der Waals surface area (Å²) in [6.45, 7) is 14.8. The van der Waals surface area contributed by atoms with Crippen LogP contribution >= 0.6 is 0 Å². The standard InChI is InChI=1S/C19H39N5/c1-3-11-23-14-8-18(9-15-23)17-22-19(20-4-2)21-10-16-24-12-6-5-7-13-24/h18H,3-17H2,1-2H3,(H2,20,21,22). The zero-order valence-electron chi connectivity index (χ0n) is 16.0. The Bertz CT molecular complexity index is 344. The maximum absolute atomic E-state index is 4.85. The summed E-state index contributed by atoms with van der Waals surface area (Å²) in [7, 11) is 0. The van der Waals surface area contributed by atoms with Gasteiger partial charge >= 0.3 is 0 Å². The lowest BCUT2D eigenvalue weighted by molar-refractivity contribution is 0.188. The first-order valence-electron chi connectivity index (χ1n) is 10.3. The summed E-state index contributed by atoms with van der Waals surface area (Å²) in [5.74, 6) is 1.76. The van der Waals surface area contributed by atoms with Crippen molar-refractivity contribution in [2.75, 3.05) is 58.9 Å². The second kappa shape index (κ2) is 11.7. The van der Waals surface area contributed by atoms with Gasteiger partial charge in [0.05, 0.1) is 0 Å². The highest BCUT2D eigenvalue weighted by atomic mass is 15.2. The quantitative estimate of drug-likeness (QED) is 0.526. The normalized spacial score (nSPS) is 21.8. The molecule has 2 aliphatic rings. The molecule has 2 N–H and O–H groups in total. The average molecular weight is 338 g/mol. The molecule has 140 valence electrons. The van der Waals surface area contributed by atoms with E-state index in [0.717, 1.165) is 38.1 Å². The van der Waals surface area contributed by atoms with Gasteiger partial charge in [0.1, 0.15) is 0 Å². The summed E-state index contributed by atoms with van der Waals surface area (Å²) in [6, 6.07) is 0. The highest BCUT2D eigenvalue weighted by Gasteiger charge is 2.18. The topological polar surface area (TPSA) is 42.9 Å². The van der Waals surface area contributed by atoms with Crippen LogP contribution < -0.4 is 10.6 Å². The van der Waals surface area contributed by atoms with E-state index in [1.54, 1.807) is 0 Å². The molecular weight excluding hydrogens is 298 g/mol. The van der Waals surface area contributed by atoms with Crippen LogP contribution in [-0.2, 0) is 0 Å². The molecule has 2 aliphatic heterocycles. The molecule has 0 aliphatic carbocycles. The molecule has 0 atom stereocenters. The van der Waals surface area contributed by atoms with Crippen molar-refractivity contribution in [2.24, 2.45) is 10.9 Å². The summed E-state index contributed by atoms with van der Waals surface area (Å²) in [4.78, 5) is 10.0. The summed E-state index contributed by atoms with van der Waals surface area (Å²) < 4.78 is 0. The third-order valence-electron chi connectivity index (χ3n) is 5.27. The first-order valence-corrected chi connectivity index (χ1v) is 10.3. The first-order chi connectivity index (χ1) is 11.8. The van der Waals surface area contributed by atoms with Gasteiger partial charge in [-0.05, 0) is 77.7 Å². The lowest BCUT2D eigenvalue weighted by Gasteiger charge is -2.31. The van der Waals surface area contributed by atoms with Crippen LogP contribution in [0.15, 0.2) is 4.99 Å². The monoisotopic (exact) mass is 337 g/mol. The number of guanidine groups is 1. The summed E-state index contributed by atoms with van der Waals surface area (Å²) in [5.41, 5.74) is 0. The molecule has 0 aromatic heterocycles. The number of nitrogens with one attached hydrogen (secondary N) is 2. The van der Waals surface area contributed by atoms with Crippen LogP contribution in [0.4, 0.5) is 0 Å². The van der Waals surface area contributed by atoms with Crippen molar-refractivity contribution >= 4 is 5.96 Å². The van der Waals surface area contributed by atoms with Gasteiger partial charge in [-0.2, -0.15) is 0 Å². The van der Waals surface area contributed by atoms with Gasteiger partial charge in [0.15, 0.2) is 5.96 Å². The average Bonchev–Trinajstić information content (AvgIpc) is 2.62. The fourth-order valence-corrected chi connectivity index (χ4v) is 3.79. The summed E-state index contributed by atoms with van der Waals surface area (Å²) >= 11 is 0. The summed E-state index contributed by atoms with van der Waals surface area (Å²) in [5, 5.41) is 6.92. The van der Waals surface area contributed by atoms with Gasteiger partial charge in [0.2, 0.25) is 0 Å². The van der Waals surface area contributed by atoms with Crippen molar-refractivity contribution in [3.8, 4) is 0 Å². The maximum Gasteiger partial charge on any atom is 0.191 e. The van der Waals surface area contributed by atoms with Crippen LogP contribution in [0.3, 0.4) is 0 Å². The fourth-order valence-electron chi connectivity index (χ4n) is 3.79. The Morgan fingerprint density at radius 2 is 1.62 bits per heavy atom. The number of hydrogen-bond acceptors (Lipinski definition) is 3. The van der Waals surface area contributed by atoms with Crippen molar-refractivity contribution in [3.05, 3.63) is 0 Å². The van der Waals surface area contributed by atoms with Crippen LogP contribution in [0, 0.1) is 5.92 Å². The lowest BCUT2D eigenvalue weighted by atomic mass is 9.97. The molecule has 0 spiro atoms. The van der Waals surface area contributed by atoms with Crippen LogP contribution in [0.25, 0.3) is 0 Å². The molecule has 0 amide bonds. The Morgan fingerprint density at radius 3 is 2.29 bits per heavy atom. The van der Waals surface area contributed by atoms with E-state index in [0.29, 0.717) is 0 Å². The van der Waals surface area contributed by atoms with E-state index in [1.807, 2.05) is 0 Å². The van der Waals surface area contributed by atoms with E-state index in [1.165, 1.54) is 71.2 Å². The Balaban J connectivity index is 1.66. The van der Waals surface area contributed by atoms with E-state index < -0.39 is 0 Å². The number of aliphatic imine (C=N–C) groups is 1. The minimum absolute atomic E-state index is 0.760. The molecule has 0 bridgehead atoms. The van der Waals surface area contributed by atoms with Crippen LogP contribution in [-0.4, -0.2) is 74.7 Å². The molecule has 5 heteroatoms. The molecule has 0 radical (unpaired) electrons. The molecule has 0 unspecified atom stereocenters. The largest absolute Gasteiger partial charge is 0.357 e. The third-order valence-corrected chi connectivity index (χ3v) is 5.27. The van der Waals surface area contributed by atoms with Crippen LogP contribution in [0.2, 0.25) is 0 Å². The molecule has 2 rings (SSSR count). The van der Waals surface area contributed by atoms with Gasteiger partial charge in [-0.1, -0.05) is 13.3 Å². The highest BCUT2D eigenvalue weighted by molar-refractivity contribution is 5.79. The van der Waals surface area contributed by atoms with Crippen molar-refractivity contribution in [3.63, 3.8) is 0 Å². The van der Waals surface area contributed by atoms with Gasteiger partial charge in [-0.3, -0.25) is 4.99 Å². The molecule has 0 saturated carbocycles. The van der Waals surface area contributed by atoms with Gasteiger partial charge in [-0.25, -0.2) is 0 Å². The minimum atomic E-state index is 0.760. The van der Waals surface area contributed by atoms with Crippen molar-refractivity contribution < 1.29 is 0 Å². The number of likely N-dealkylation sites (tertiary alicyclic amines) is 2. The zero-order chi connectivity index (χ0) is 17.0. The molecule has 0 aromatic rings. The molecule has 2 heterocycles. The van der Waals surface area contributed by atoms with E-state index in [-0.39, 0.29) is 0 Å². The first kappa shape index (κ1) is 19.5.